The number of primary amides is 1. The van der Waals surface area contributed by atoms with Crippen LogP contribution >= 0.6 is 0 Å². The first-order valence-electron chi connectivity index (χ1n) is 9.05. The Labute approximate surface area is 168 Å². The third kappa shape index (κ3) is 3.85. The molecule has 1 amide bonds. The summed E-state index contributed by atoms with van der Waals surface area (Å²) < 4.78 is 12.1. The molecular formula is C22H22N2O5. The van der Waals surface area contributed by atoms with Gasteiger partial charge in [0.25, 0.3) is 11.7 Å². The maximum absolute atomic E-state index is 12.6. The molecule has 2 aromatic carbocycles. The molecule has 0 saturated carbocycles. The normalized spacial score (nSPS) is 10.7. The number of carbonyl (C=O) groups is 3. The van der Waals surface area contributed by atoms with E-state index in [9.17, 15) is 14.4 Å². The zero-order valence-corrected chi connectivity index (χ0v) is 16.5. The number of nitrogens with zero attached hydrogens (tertiary/aromatic N) is 1. The lowest BCUT2D eigenvalue weighted by Gasteiger charge is -2.11. The molecule has 7 heteroatoms. The monoisotopic (exact) mass is 394 g/mol. The number of aryl methyl sites for hydroxylation is 1. The van der Waals surface area contributed by atoms with Crippen LogP contribution < -0.4 is 10.5 Å². The summed E-state index contributed by atoms with van der Waals surface area (Å²) in [6.45, 7) is 3.96. The molecule has 2 N–H and O–H groups in total. The van der Waals surface area contributed by atoms with Gasteiger partial charge in [0.2, 0.25) is 0 Å². The average Bonchev–Trinajstić information content (AvgIpc) is 2.99. The number of Topliss-reactive ketones (excluding diaryl/α,β-unsaturated/α-hetero) is 1. The zero-order chi connectivity index (χ0) is 21.1. The fourth-order valence-electron chi connectivity index (χ4n) is 3.37. The highest BCUT2D eigenvalue weighted by Crippen LogP contribution is 2.34. The number of hydrogen-bond donors (Lipinski definition) is 1. The van der Waals surface area contributed by atoms with Crippen molar-refractivity contribution in [3.63, 3.8) is 0 Å². The lowest BCUT2D eigenvalue weighted by molar-refractivity contribution is -0.142. The molecule has 7 nitrogen and oxygen atoms in total. The van der Waals surface area contributed by atoms with E-state index in [2.05, 4.69) is 4.74 Å². The topological polar surface area (TPSA) is 101 Å². The van der Waals surface area contributed by atoms with Crippen LogP contribution in [-0.4, -0.2) is 35.9 Å². The van der Waals surface area contributed by atoms with Crippen LogP contribution in [0.5, 0.6) is 5.75 Å². The highest BCUT2D eigenvalue weighted by atomic mass is 16.6. The van der Waals surface area contributed by atoms with Gasteiger partial charge in [0.15, 0.2) is 6.61 Å². The van der Waals surface area contributed by atoms with E-state index in [1.165, 1.54) is 7.11 Å². The summed E-state index contributed by atoms with van der Waals surface area (Å²) in [5, 5.41) is 0.450. The highest BCUT2D eigenvalue weighted by Gasteiger charge is 2.26. The average molecular weight is 394 g/mol. The number of amides is 1. The van der Waals surface area contributed by atoms with Gasteiger partial charge < -0.3 is 19.8 Å². The van der Waals surface area contributed by atoms with Gasteiger partial charge in [0, 0.05) is 12.2 Å². The fourth-order valence-corrected chi connectivity index (χ4v) is 3.37. The third-order valence-electron chi connectivity index (χ3n) is 4.93. The molecule has 0 radical (unpaired) electrons. The van der Waals surface area contributed by atoms with Crippen LogP contribution in [0.15, 0.2) is 42.5 Å². The standard InChI is InChI=1S/C22H22N2O5/c1-13-7-4-5-8-15(13)11-24-14(2)19(21(26)22(23)27)20-16(24)9-6-10-17(20)29-12-18(25)28-3/h4-10H,11-12H2,1-3H3,(H2,23,27). The summed E-state index contributed by atoms with van der Waals surface area (Å²) in [6.07, 6.45) is 0. The molecule has 0 aliphatic heterocycles. The molecule has 0 saturated heterocycles. The van der Waals surface area contributed by atoms with Gasteiger partial charge in [-0.25, -0.2) is 4.79 Å². The molecular weight excluding hydrogens is 372 g/mol. The summed E-state index contributed by atoms with van der Waals surface area (Å²) in [6, 6.07) is 13.2. The van der Waals surface area contributed by atoms with Gasteiger partial charge >= 0.3 is 5.97 Å². The van der Waals surface area contributed by atoms with Gasteiger partial charge in [0.1, 0.15) is 5.75 Å². The van der Waals surface area contributed by atoms with Crippen molar-refractivity contribution >= 4 is 28.6 Å². The Hall–Kier alpha value is -3.61. The van der Waals surface area contributed by atoms with Crippen LogP contribution in [0.1, 0.15) is 27.2 Å². The van der Waals surface area contributed by atoms with Gasteiger partial charge in [0.05, 0.1) is 23.6 Å². The van der Waals surface area contributed by atoms with E-state index in [0.717, 1.165) is 11.1 Å². The predicted molar refractivity (Wildman–Crippen MR) is 108 cm³/mol. The number of esters is 1. The SMILES string of the molecule is COC(=O)COc1cccc2c1c(C(=O)C(N)=O)c(C)n2Cc1ccccc1C. The van der Waals surface area contributed by atoms with Crippen LogP contribution in [0.4, 0.5) is 0 Å². The quantitative estimate of drug-likeness (QED) is 0.377. The van der Waals surface area contributed by atoms with Crippen LogP contribution in [0.3, 0.4) is 0 Å². The Morgan fingerprint density at radius 2 is 1.76 bits per heavy atom. The van der Waals surface area contributed by atoms with E-state index in [0.29, 0.717) is 28.9 Å². The van der Waals surface area contributed by atoms with Crippen molar-refractivity contribution in [1.82, 2.24) is 4.57 Å². The van der Waals surface area contributed by atoms with E-state index in [1.54, 1.807) is 19.1 Å². The number of carbonyl (C=O) groups excluding carboxylic acids is 3. The smallest absolute Gasteiger partial charge is 0.343 e. The molecule has 0 atom stereocenters. The molecule has 1 heterocycles. The van der Waals surface area contributed by atoms with Crippen LogP contribution in [0, 0.1) is 13.8 Å². The van der Waals surface area contributed by atoms with Gasteiger partial charge in [-0.05, 0) is 37.1 Å². The molecule has 150 valence electrons. The van der Waals surface area contributed by atoms with Gasteiger partial charge in [-0.2, -0.15) is 0 Å². The largest absolute Gasteiger partial charge is 0.481 e. The number of rotatable bonds is 7. The van der Waals surface area contributed by atoms with Crippen molar-refractivity contribution in [2.45, 2.75) is 20.4 Å². The number of ether oxygens (including phenoxy) is 2. The molecule has 3 aromatic rings. The van der Waals surface area contributed by atoms with E-state index in [-0.39, 0.29) is 12.2 Å². The number of benzene rings is 2. The first-order valence-corrected chi connectivity index (χ1v) is 9.05. The molecule has 0 bridgehead atoms. The minimum atomic E-state index is -1.05. The van der Waals surface area contributed by atoms with E-state index in [1.807, 2.05) is 41.8 Å². The zero-order valence-electron chi connectivity index (χ0n) is 16.5. The fraction of sp³-hybridized carbons (Fsp3) is 0.227. The van der Waals surface area contributed by atoms with Gasteiger partial charge in [-0.1, -0.05) is 30.3 Å². The molecule has 0 spiro atoms. The Bertz CT molecular complexity index is 1110. The van der Waals surface area contributed by atoms with Gasteiger partial charge in [-0.3, -0.25) is 9.59 Å². The van der Waals surface area contributed by atoms with Crippen molar-refractivity contribution in [3.8, 4) is 5.75 Å². The number of hydrogen-bond acceptors (Lipinski definition) is 5. The minimum Gasteiger partial charge on any atom is -0.481 e. The van der Waals surface area contributed by atoms with Crippen LogP contribution in [0.25, 0.3) is 10.9 Å². The van der Waals surface area contributed by atoms with E-state index >= 15 is 0 Å². The van der Waals surface area contributed by atoms with E-state index < -0.39 is 17.7 Å². The first-order chi connectivity index (χ1) is 13.8. The van der Waals surface area contributed by atoms with Crippen LogP contribution in [-0.2, 0) is 20.9 Å². The molecule has 0 unspecified atom stereocenters. The number of methoxy groups -OCH3 is 1. The number of ketones is 1. The molecule has 1 aromatic heterocycles. The highest BCUT2D eigenvalue weighted by molar-refractivity contribution is 6.45. The number of aromatic nitrogens is 1. The first kappa shape index (κ1) is 20.1. The van der Waals surface area contributed by atoms with Crippen molar-refractivity contribution < 1.29 is 23.9 Å². The summed E-state index contributed by atoms with van der Waals surface area (Å²) in [7, 11) is 1.26. The maximum Gasteiger partial charge on any atom is 0.343 e. The third-order valence-corrected chi connectivity index (χ3v) is 4.93. The van der Waals surface area contributed by atoms with E-state index in [4.69, 9.17) is 10.5 Å². The lowest BCUT2D eigenvalue weighted by Crippen LogP contribution is -2.24. The summed E-state index contributed by atoms with van der Waals surface area (Å²) in [4.78, 5) is 35.8. The lowest BCUT2D eigenvalue weighted by atomic mass is 10.1. The molecule has 0 aliphatic rings. The Kier molecular flexibility index (Phi) is 5.68. The molecule has 0 fully saturated rings. The second-order valence-corrected chi connectivity index (χ2v) is 6.68. The molecule has 29 heavy (non-hydrogen) atoms. The number of nitrogens with two attached hydrogens (primary N) is 1. The number of fused-ring (bicyclic) bond motifs is 1. The van der Waals surface area contributed by atoms with Crippen molar-refractivity contribution in [3.05, 3.63) is 64.8 Å². The summed E-state index contributed by atoms with van der Waals surface area (Å²) >= 11 is 0. The van der Waals surface area contributed by atoms with Crippen LogP contribution in [0.2, 0.25) is 0 Å². The van der Waals surface area contributed by atoms with Crippen molar-refractivity contribution in [2.75, 3.05) is 13.7 Å². The Morgan fingerprint density at radius 3 is 2.41 bits per heavy atom. The van der Waals surface area contributed by atoms with Crippen molar-refractivity contribution in [1.29, 1.82) is 0 Å². The summed E-state index contributed by atoms with van der Waals surface area (Å²) in [5.41, 5.74) is 8.96. The Morgan fingerprint density at radius 1 is 1.03 bits per heavy atom. The van der Waals surface area contributed by atoms with Crippen molar-refractivity contribution in [2.24, 2.45) is 5.73 Å². The predicted octanol–water partition coefficient (Wildman–Crippen LogP) is 2.53. The molecule has 0 aliphatic carbocycles. The molecule has 3 rings (SSSR count). The van der Waals surface area contributed by atoms with Gasteiger partial charge in [-0.15, -0.1) is 0 Å². The minimum absolute atomic E-state index is 0.182. The second-order valence-electron chi connectivity index (χ2n) is 6.68. The maximum atomic E-state index is 12.6. The summed E-state index contributed by atoms with van der Waals surface area (Å²) in [5.74, 6) is -2.10. The second kappa shape index (κ2) is 8.18. The Balaban J connectivity index is 2.21.